The predicted octanol–water partition coefficient (Wildman–Crippen LogP) is 2.71. The molecule has 3 heterocycles. The maximum Gasteiger partial charge on any atom is 0.285 e. The molecule has 8 nitrogen and oxygen atoms in total. The van der Waals surface area contributed by atoms with E-state index in [0.717, 1.165) is 18.4 Å². The van der Waals surface area contributed by atoms with Gasteiger partial charge in [0.25, 0.3) is 12.0 Å². The molecule has 2 aromatic heterocycles. The van der Waals surface area contributed by atoms with E-state index in [4.69, 9.17) is 11.6 Å². The van der Waals surface area contributed by atoms with Gasteiger partial charge >= 0.3 is 0 Å². The zero-order chi connectivity index (χ0) is 23.2. The number of hydrogen-bond donors (Lipinski definition) is 1. The van der Waals surface area contributed by atoms with E-state index in [2.05, 4.69) is 15.3 Å². The van der Waals surface area contributed by atoms with Crippen LogP contribution in [0.3, 0.4) is 0 Å². The number of H-pyrrole nitrogens is 1. The largest absolute Gasteiger partial charge is 0.364 e. The summed E-state index contributed by atoms with van der Waals surface area (Å²) in [6, 6.07) is 3.07. The minimum atomic E-state index is -3.76. The Balaban J connectivity index is 1.77. The molecular weight excluding hydrogens is 471 g/mol. The van der Waals surface area contributed by atoms with Crippen molar-refractivity contribution in [2.45, 2.75) is 31.0 Å². The monoisotopic (exact) mass is 487 g/mol. The van der Waals surface area contributed by atoms with Crippen LogP contribution in [0.2, 0.25) is 5.02 Å². The smallest absolute Gasteiger partial charge is 0.285 e. The molecule has 0 fully saturated rings. The van der Waals surface area contributed by atoms with Gasteiger partial charge in [-0.15, -0.1) is 0 Å². The highest BCUT2D eigenvalue weighted by atomic mass is 35.5. The van der Waals surface area contributed by atoms with Crippen LogP contribution in [0.4, 0.5) is 18.9 Å². The standard InChI is InChI=1S/C19H17ClF3N5O3S/c1-32(30,31)19-13-9-27(15-7-24-25-18(29)16(15)20)5-4-14(13)28(26-19)8-10-2-3-11(21)6-12(10)17(22)23/h2-3,6-7,17H,4-5,8-9H2,1H3,(H,25,29). The zero-order valence-electron chi connectivity index (χ0n) is 16.6. The van der Waals surface area contributed by atoms with Crippen LogP contribution in [0.15, 0.2) is 34.2 Å². The second-order valence-electron chi connectivity index (χ2n) is 7.37. The summed E-state index contributed by atoms with van der Waals surface area (Å²) in [4.78, 5) is 13.5. The van der Waals surface area contributed by atoms with E-state index in [1.54, 1.807) is 4.90 Å². The first-order chi connectivity index (χ1) is 15.1. The molecule has 0 atom stereocenters. The summed E-state index contributed by atoms with van der Waals surface area (Å²) in [5.74, 6) is -0.789. The quantitative estimate of drug-likeness (QED) is 0.594. The molecule has 0 bridgehead atoms. The third-order valence-electron chi connectivity index (χ3n) is 5.23. The molecule has 0 spiro atoms. The number of rotatable bonds is 5. The van der Waals surface area contributed by atoms with Crippen molar-refractivity contribution in [1.82, 2.24) is 20.0 Å². The Bertz CT molecular complexity index is 1360. The van der Waals surface area contributed by atoms with E-state index in [-0.39, 0.29) is 28.7 Å². The highest BCUT2D eigenvalue weighted by molar-refractivity contribution is 7.90. The average molecular weight is 488 g/mol. The second-order valence-corrected chi connectivity index (χ2v) is 9.68. The van der Waals surface area contributed by atoms with Gasteiger partial charge in [-0.2, -0.15) is 10.2 Å². The molecule has 32 heavy (non-hydrogen) atoms. The van der Waals surface area contributed by atoms with Gasteiger partial charge in [0.05, 0.1) is 18.4 Å². The highest BCUT2D eigenvalue weighted by Gasteiger charge is 2.31. The molecule has 0 radical (unpaired) electrons. The molecule has 1 aromatic carbocycles. The molecule has 3 aromatic rings. The van der Waals surface area contributed by atoms with Crippen LogP contribution >= 0.6 is 11.6 Å². The number of hydrogen-bond acceptors (Lipinski definition) is 6. The van der Waals surface area contributed by atoms with Gasteiger partial charge in [0, 0.05) is 42.6 Å². The lowest BCUT2D eigenvalue weighted by atomic mass is 10.1. The van der Waals surface area contributed by atoms with Crippen LogP contribution in [0, 0.1) is 5.82 Å². The number of fused-ring (bicyclic) bond motifs is 1. The molecule has 1 aliphatic heterocycles. The van der Waals surface area contributed by atoms with Crippen LogP contribution in [0.5, 0.6) is 0 Å². The molecule has 1 N–H and O–H groups in total. The minimum Gasteiger partial charge on any atom is -0.364 e. The molecule has 0 unspecified atom stereocenters. The Labute approximate surface area is 185 Å². The lowest BCUT2D eigenvalue weighted by Crippen LogP contribution is -2.33. The number of anilines is 1. The van der Waals surface area contributed by atoms with Gasteiger partial charge in [-0.05, 0) is 17.7 Å². The number of sulfone groups is 1. The van der Waals surface area contributed by atoms with Crippen LogP contribution in [0.25, 0.3) is 0 Å². The SMILES string of the molecule is CS(=O)(=O)c1nn(Cc2ccc(F)cc2C(F)F)c2c1CN(c1cn[nH]c(=O)c1Cl)CC2. The van der Waals surface area contributed by atoms with Gasteiger partial charge in [-0.1, -0.05) is 17.7 Å². The molecule has 0 saturated heterocycles. The Morgan fingerprint density at radius 1 is 1.31 bits per heavy atom. The zero-order valence-corrected chi connectivity index (χ0v) is 18.2. The van der Waals surface area contributed by atoms with E-state index >= 15 is 0 Å². The lowest BCUT2D eigenvalue weighted by Gasteiger charge is -2.29. The summed E-state index contributed by atoms with van der Waals surface area (Å²) in [5, 5.41) is 9.89. The fourth-order valence-electron chi connectivity index (χ4n) is 3.76. The number of aromatic amines is 1. The van der Waals surface area contributed by atoms with Crippen molar-refractivity contribution < 1.29 is 21.6 Å². The first-order valence-electron chi connectivity index (χ1n) is 9.39. The molecular formula is C19H17ClF3N5O3S. The lowest BCUT2D eigenvalue weighted by molar-refractivity contribution is 0.149. The van der Waals surface area contributed by atoms with E-state index in [1.165, 1.54) is 16.9 Å². The first-order valence-corrected chi connectivity index (χ1v) is 11.7. The van der Waals surface area contributed by atoms with Crippen molar-refractivity contribution >= 4 is 27.1 Å². The van der Waals surface area contributed by atoms with Crippen molar-refractivity contribution in [2.24, 2.45) is 0 Å². The number of benzene rings is 1. The van der Waals surface area contributed by atoms with Crippen molar-refractivity contribution in [2.75, 3.05) is 17.7 Å². The summed E-state index contributed by atoms with van der Waals surface area (Å²) in [6.07, 6.45) is -0.218. The Hall–Kier alpha value is -2.86. The van der Waals surface area contributed by atoms with Gasteiger partial charge in [0.15, 0.2) is 14.9 Å². The summed E-state index contributed by atoms with van der Waals surface area (Å²) < 4.78 is 66.4. The normalized spacial score (nSPS) is 14.1. The number of halogens is 4. The van der Waals surface area contributed by atoms with Gasteiger partial charge in [-0.25, -0.2) is 26.7 Å². The summed E-state index contributed by atoms with van der Waals surface area (Å²) in [5.41, 5.74) is 0.359. The Morgan fingerprint density at radius 3 is 2.75 bits per heavy atom. The summed E-state index contributed by atoms with van der Waals surface area (Å²) >= 11 is 6.09. The summed E-state index contributed by atoms with van der Waals surface area (Å²) in [6.45, 7) is 0.288. The minimum absolute atomic E-state index is 0.0771. The van der Waals surface area contributed by atoms with Gasteiger partial charge in [0.2, 0.25) is 0 Å². The second kappa shape index (κ2) is 8.24. The fraction of sp³-hybridized carbons (Fsp3) is 0.316. The molecule has 0 amide bonds. The van der Waals surface area contributed by atoms with Gasteiger partial charge < -0.3 is 4.90 Å². The van der Waals surface area contributed by atoms with Crippen LogP contribution in [-0.2, 0) is 29.3 Å². The average Bonchev–Trinajstić information content (AvgIpc) is 3.09. The highest BCUT2D eigenvalue weighted by Crippen LogP contribution is 2.32. The molecule has 0 saturated carbocycles. The number of alkyl halides is 2. The van der Waals surface area contributed by atoms with Crippen molar-refractivity contribution in [3.63, 3.8) is 0 Å². The predicted molar refractivity (Wildman–Crippen MR) is 110 cm³/mol. The molecule has 4 rings (SSSR count). The summed E-state index contributed by atoms with van der Waals surface area (Å²) in [7, 11) is -3.76. The van der Waals surface area contributed by atoms with Crippen molar-refractivity contribution in [1.29, 1.82) is 0 Å². The maximum atomic E-state index is 13.5. The number of aromatic nitrogens is 4. The van der Waals surface area contributed by atoms with Crippen molar-refractivity contribution in [3.05, 3.63) is 68.0 Å². The maximum absolute atomic E-state index is 13.5. The fourth-order valence-corrected chi connectivity index (χ4v) is 4.85. The van der Waals surface area contributed by atoms with E-state index in [0.29, 0.717) is 29.9 Å². The Kier molecular flexibility index (Phi) is 5.76. The topological polar surface area (TPSA) is 101 Å². The van der Waals surface area contributed by atoms with E-state index in [1.807, 2.05) is 0 Å². The van der Waals surface area contributed by atoms with Crippen LogP contribution in [0.1, 0.15) is 28.8 Å². The molecule has 170 valence electrons. The van der Waals surface area contributed by atoms with Crippen molar-refractivity contribution in [3.8, 4) is 0 Å². The van der Waals surface area contributed by atoms with Gasteiger partial charge in [-0.3, -0.25) is 9.48 Å². The van der Waals surface area contributed by atoms with Crippen LogP contribution < -0.4 is 10.5 Å². The third kappa shape index (κ3) is 4.11. The molecule has 0 aliphatic carbocycles. The third-order valence-corrected chi connectivity index (χ3v) is 6.63. The van der Waals surface area contributed by atoms with Gasteiger partial charge in [0.1, 0.15) is 10.8 Å². The molecule has 13 heteroatoms. The number of nitrogens with zero attached hydrogens (tertiary/aromatic N) is 4. The number of nitrogens with one attached hydrogen (secondary N) is 1. The van der Waals surface area contributed by atoms with E-state index in [9.17, 15) is 26.4 Å². The first kappa shape index (κ1) is 22.3. The Morgan fingerprint density at radius 2 is 2.06 bits per heavy atom. The molecule has 1 aliphatic rings. The van der Waals surface area contributed by atoms with Crippen LogP contribution in [-0.4, -0.2) is 41.2 Å². The van der Waals surface area contributed by atoms with E-state index < -0.39 is 33.2 Å².